The maximum atomic E-state index is 10.3. The van der Waals surface area contributed by atoms with Gasteiger partial charge >= 0.3 is 0 Å². The Balaban J connectivity index is 1.98. The summed E-state index contributed by atoms with van der Waals surface area (Å²) in [5.74, 6) is 0. The minimum atomic E-state index is -1.36. The second-order valence-electron chi connectivity index (χ2n) is 3.90. The molecule has 1 aromatic carbocycles. The summed E-state index contributed by atoms with van der Waals surface area (Å²) in [6, 6.07) is 7.72. The van der Waals surface area contributed by atoms with Gasteiger partial charge < -0.3 is 4.89 Å². The highest BCUT2D eigenvalue weighted by molar-refractivity contribution is 7.47. The summed E-state index contributed by atoms with van der Waals surface area (Å²) in [5.41, 5.74) is 1.74. The Morgan fingerprint density at radius 3 is 2.75 bits per heavy atom. The van der Waals surface area contributed by atoms with Crippen LogP contribution < -0.4 is 0 Å². The lowest BCUT2D eigenvalue weighted by Gasteiger charge is -2.20. The normalized spacial score (nSPS) is 19.3. The van der Waals surface area contributed by atoms with Crippen LogP contribution in [0.4, 0.5) is 0 Å². The highest BCUT2D eigenvalue weighted by atomic mass is 31.2. The van der Waals surface area contributed by atoms with E-state index in [0.29, 0.717) is 0 Å². The van der Waals surface area contributed by atoms with E-state index >= 15 is 0 Å². The van der Waals surface area contributed by atoms with Gasteiger partial charge in [0, 0.05) is 13.1 Å². The van der Waals surface area contributed by atoms with Crippen molar-refractivity contribution in [1.29, 1.82) is 0 Å². The number of benzene rings is 1. The number of fused-ring (bicyclic) bond motifs is 1. The van der Waals surface area contributed by atoms with E-state index in [-0.39, 0.29) is 0 Å². The zero-order valence-electron chi connectivity index (χ0n) is 8.82. The quantitative estimate of drug-likeness (QED) is 0.804. The topological polar surface area (TPSA) is 54.2 Å². The molecule has 6 heteroatoms. The van der Waals surface area contributed by atoms with Crippen LogP contribution in [0.25, 0.3) is 11.0 Å². The lowest BCUT2D eigenvalue weighted by molar-refractivity contribution is 0.461. The molecule has 1 atom stereocenters. The van der Waals surface area contributed by atoms with Gasteiger partial charge in [0.1, 0.15) is 5.52 Å². The molecule has 84 valence electrons. The van der Waals surface area contributed by atoms with Gasteiger partial charge in [0.25, 0.3) is 0 Å². The van der Waals surface area contributed by atoms with E-state index in [2.05, 4.69) is 15.0 Å². The van der Waals surface area contributed by atoms with Crippen molar-refractivity contribution < 1.29 is 4.89 Å². The standard InChI is InChI=1S/C10H13N4OP/c15-16(13-7-3-4-8-13)14-10-6-2-1-5-9(10)11-12-14/h1-2,5-6,15H,3-4,7-8H2. The highest BCUT2D eigenvalue weighted by Gasteiger charge is 2.24. The number of rotatable bonds is 2. The van der Waals surface area contributed by atoms with Crippen molar-refractivity contribution in [3.8, 4) is 0 Å². The third-order valence-electron chi connectivity index (χ3n) is 2.84. The molecule has 2 aromatic rings. The molecule has 16 heavy (non-hydrogen) atoms. The molecule has 1 unspecified atom stereocenters. The highest BCUT2D eigenvalue weighted by Crippen LogP contribution is 2.40. The van der Waals surface area contributed by atoms with Gasteiger partial charge in [0.05, 0.1) is 5.52 Å². The van der Waals surface area contributed by atoms with Gasteiger partial charge in [0.2, 0.25) is 8.45 Å². The van der Waals surface area contributed by atoms with Crippen LogP contribution in [0.2, 0.25) is 0 Å². The van der Waals surface area contributed by atoms with Gasteiger partial charge in [-0.15, -0.1) is 5.10 Å². The van der Waals surface area contributed by atoms with Crippen molar-refractivity contribution in [3.63, 3.8) is 0 Å². The van der Waals surface area contributed by atoms with Crippen molar-refractivity contribution in [2.45, 2.75) is 12.8 Å². The molecule has 0 radical (unpaired) electrons. The summed E-state index contributed by atoms with van der Waals surface area (Å²) >= 11 is 0. The van der Waals surface area contributed by atoms with Crippen LogP contribution >= 0.6 is 8.45 Å². The number of para-hydroxylation sites is 1. The second-order valence-corrected chi connectivity index (χ2v) is 5.38. The molecule has 2 heterocycles. The first-order chi connectivity index (χ1) is 7.86. The molecule has 0 spiro atoms. The molecule has 1 aliphatic rings. The van der Waals surface area contributed by atoms with Gasteiger partial charge in [-0.3, -0.25) is 0 Å². The number of aromatic nitrogens is 3. The van der Waals surface area contributed by atoms with Crippen LogP contribution in [0, 0.1) is 0 Å². The van der Waals surface area contributed by atoms with Crippen molar-refractivity contribution in [2.75, 3.05) is 13.1 Å². The first-order valence-corrected chi connectivity index (χ1v) is 6.61. The van der Waals surface area contributed by atoms with Crippen LogP contribution in [0.5, 0.6) is 0 Å². The third-order valence-corrected chi connectivity index (χ3v) is 4.38. The van der Waals surface area contributed by atoms with Crippen LogP contribution in [0.1, 0.15) is 12.8 Å². The average Bonchev–Trinajstić information content (AvgIpc) is 2.98. The Bertz CT molecular complexity index is 494. The molecule has 1 aromatic heterocycles. The van der Waals surface area contributed by atoms with Gasteiger partial charge in [-0.2, -0.15) is 4.45 Å². The summed E-state index contributed by atoms with van der Waals surface area (Å²) in [6.07, 6.45) is 2.32. The fourth-order valence-electron chi connectivity index (χ4n) is 1.99. The average molecular weight is 236 g/mol. The molecule has 0 aliphatic carbocycles. The maximum Gasteiger partial charge on any atom is 0.238 e. The molecular weight excluding hydrogens is 223 g/mol. The number of hydrogen-bond donors (Lipinski definition) is 1. The fraction of sp³-hybridized carbons (Fsp3) is 0.400. The monoisotopic (exact) mass is 236 g/mol. The van der Waals surface area contributed by atoms with E-state index in [4.69, 9.17) is 0 Å². The summed E-state index contributed by atoms with van der Waals surface area (Å²) < 4.78 is 3.73. The lowest BCUT2D eigenvalue weighted by atomic mass is 10.3. The molecule has 1 aliphatic heterocycles. The molecule has 0 saturated carbocycles. The smallest absolute Gasteiger partial charge is 0.238 e. The van der Waals surface area contributed by atoms with Crippen LogP contribution in [-0.2, 0) is 0 Å². The Labute approximate surface area is 94.6 Å². The third kappa shape index (κ3) is 1.61. The number of nitrogens with zero attached hydrogens (tertiary/aromatic N) is 4. The molecular formula is C10H13N4OP. The SMILES string of the molecule is OP(N1CCCC1)n1nnc2ccccc21. The first kappa shape index (κ1) is 10.1. The second kappa shape index (κ2) is 4.09. The zero-order chi connectivity index (χ0) is 11.0. The Hall–Kier alpha value is -1.03. The Morgan fingerprint density at radius 1 is 1.19 bits per heavy atom. The van der Waals surface area contributed by atoms with E-state index < -0.39 is 8.45 Å². The largest absolute Gasteiger partial charge is 0.342 e. The lowest BCUT2D eigenvalue weighted by Crippen LogP contribution is -2.16. The van der Waals surface area contributed by atoms with E-state index in [1.807, 2.05) is 24.3 Å². The van der Waals surface area contributed by atoms with E-state index in [0.717, 1.165) is 37.0 Å². The molecule has 3 rings (SSSR count). The van der Waals surface area contributed by atoms with Crippen molar-refractivity contribution in [3.05, 3.63) is 24.3 Å². The summed E-state index contributed by atoms with van der Waals surface area (Å²) in [4.78, 5) is 10.3. The van der Waals surface area contributed by atoms with Crippen LogP contribution in [0.15, 0.2) is 24.3 Å². The minimum Gasteiger partial charge on any atom is -0.342 e. The van der Waals surface area contributed by atoms with Crippen molar-refractivity contribution in [1.82, 2.24) is 19.4 Å². The first-order valence-electron chi connectivity index (χ1n) is 5.41. The fourth-order valence-corrected chi connectivity index (χ4v) is 3.34. The Kier molecular flexibility index (Phi) is 2.59. The van der Waals surface area contributed by atoms with Crippen LogP contribution in [0.3, 0.4) is 0 Å². The van der Waals surface area contributed by atoms with Gasteiger partial charge in [-0.1, -0.05) is 17.3 Å². The predicted molar refractivity (Wildman–Crippen MR) is 62.9 cm³/mol. The molecule has 0 bridgehead atoms. The van der Waals surface area contributed by atoms with E-state index in [1.165, 1.54) is 0 Å². The van der Waals surface area contributed by atoms with Crippen molar-refractivity contribution >= 4 is 19.5 Å². The predicted octanol–water partition coefficient (Wildman–Crippen LogP) is 1.59. The number of hydrogen-bond acceptors (Lipinski definition) is 4. The maximum absolute atomic E-state index is 10.3. The van der Waals surface area contributed by atoms with Crippen LogP contribution in [-0.4, -0.2) is 37.4 Å². The summed E-state index contributed by atoms with van der Waals surface area (Å²) in [7, 11) is -1.36. The van der Waals surface area contributed by atoms with Gasteiger partial charge in [-0.05, 0) is 25.0 Å². The van der Waals surface area contributed by atoms with Gasteiger partial charge in [0.15, 0.2) is 0 Å². The molecule has 1 fully saturated rings. The molecule has 5 nitrogen and oxygen atoms in total. The van der Waals surface area contributed by atoms with Crippen molar-refractivity contribution in [2.24, 2.45) is 0 Å². The summed E-state index contributed by atoms with van der Waals surface area (Å²) in [6.45, 7) is 1.91. The molecule has 1 N–H and O–H groups in total. The van der Waals surface area contributed by atoms with Gasteiger partial charge in [-0.25, -0.2) is 4.67 Å². The van der Waals surface area contributed by atoms with E-state index in [1.54, 1.807) is 4.45 Å². The molecule has 0 amide bonds. The summed E-state index contributed by atoms with van der Waals surface area (Å²) in [5, 5.41) is 8.10. The van der Waals surface area contributed by atoms with E-state index in [9.17, 15) is 4.89 Å². The minimum absolute atomic E-state index is 0.836. The zero-order valence-corrected chi connectivity index (χ0v) is 9.72. The molecule has 1 saturated heterocycles. The Morgan fingerprint density at radius 2 is 1.94 bits per heavy atom.